The summed E-state index contributed by atoms with van der Waals surface area (Å²) in [6, 6.07) is 10.3. The highest BCUT2D eigenvalue weighted by atomic mass is 16.7. The van der Waals surface area contributed by atoms with Gasteiger partial charge in [-0.25, -0.2) is 0 Å². The van der Waals surface area contributed by atoms with Gasteiger partial charge < -0.3 is 4.84 Å². The fraction of sp³-hybridized carbons (Fsp3) is 0.500. The number of hydrogen-bond donors (Lipinski definition) is 0. The number of benzene rings is 1. The predicted octanol–water partition coefficient (Wildman–Crippen LogP) is 4.06. The minimum absolute atomic E-state index is 0.173. The Labute approximate surface area is 127 Å². The average Bonchev–Trinajstić information content (AvgIpc) is 2.51. The minimum Gasteiger partial charge on any atom is -0.367 e. The molecule has 0 N–H and O–H groups in total. The van der Waals surface area contributed by atoms with E-state index in [1.807, 2.05) is 36.3 Å². The Bertz CT molecular complexity index is 485. The number of carbonyl (C=O) groups excluding carboxylic acids is 1. The van der Waals surface area contributed by atoms with E-state index >= 15 is 0 Å². The zero-order valence-corrected chi connectivity index (χ0v) is 13.0. The van der Waals surface area contributed by atoms with Gasteiger partial charge in [0.1, 0.15) is 0 Å². The van der Waals surface area contributed by atoms with E-state index in [1.54, 1.807) is 0 Å². The molecule has 2 rings (SSSR count). The van der Waals surface area contributed by atoms with Crippen LogP contribution in [0.5, 0.6) is 0 Å². The van der Waals surface area contributed by atoms with Gasteiger partial charge in [0.15, 0.2) is 0 Å². The summed E-state index contributed by atoms with van der Waals surface area (Å²) in [6.07, 6.45) is 5.27. The molecule has 1 fully saturated rings. The van der Waals surface area contributed by atoms with Crippen LogP contribution >= 0.6 is 0 Å². The summed E-state index contributed by atoms with van der Waals surface area (Å²) >= 11 is 0. The first-order valence-electron chi connectivity index (χ1n) is 7.80. The van der Waals surface area contributed by atoms with Crippen LogP contribution in [0.1, 0.15) is 45.1 Å². The highest BCUT2D eigenvalue weighted by Crippen LogP contribution is 2.45. The van der Waals surface area contributed by atoms with Crippen LogP contribution < -0.4 is 0 Å². The number of hydrogen-bond acceptors (Lipinski definition) is 3. The first-order chi connectivity index (χ1) is 10.1. The molecule has 0 amide bonds. The first kappa shape index (κ1) is 15.8. The first-order valence-corrected chi connectivity index (χ1v) is 7.80. The molecule has 3 heteroatoms. The molecule has 0 aliphatic carbocycles. The summed E-state index contributed by atoms with van der Waals surface area (Å²) < 4.78 is 0. The highest BCUT2D eigenvalue weighted by Gasteiger charge is 2.46. The van der Waals surface area contributed by atoms with Gasteiger partial charge in [-0.1, -0.05) is 50.3 Å². The summed E-state index contributed by atoms with van der Waals surface area (Å²) in [6.45, 7) is 8.77. The number of hydroxylamine groups is 2. The summed E-state index contributed by atoms with van der Waals surface area (Å²) in [4.78, 5) is 17.5. The summed E-state index contributed by atoms with van der Waals surface area (Å²) in [5, 5.41) is 1.91. The molecule has 2 unspecified atom stereocenters. The fourth-order valence-corrected chi connectivity index (χ4v) is 3.34. The molecule has 1 aliphatic rings. The number of nitrogens with zero attached hydrogens (tertiary/aromatic N) is 1. The van der Waals surface area contributed by atoms with E-state index < -0.39 is 0 Å². The SMILES string of the molecule is C=CCC1(c2ccccc2)C(C)CCCN1OC(=O)CC. The highest BCUT2D eigenvalue weighted by molar-refractivity contribution is 5.68. The molecule has 1 aliphatic heterocycles. The van der Waals surface area contributed by atoms with Gasteiger partial charge >= 0.3 is 5.97 Å². The van der Waals surface area contributed by atoms with Gasteiger partial charge in [0.05, 0.1) is 5.54 Å². The van der Waals surface area contributed by atoms with Crippen LogP contribution in [-0.4, -0.2) is 17.6 Å². The van der Waals surface area contributed by atoms with Crippen LogP contribution in [0.25, 0.3) is 0 Å². The maximum atomic E-state index is 11.8. The van der Waals surface area contributed by atoms with E-state index in [9.17, 15) is 4.79 Å². The second-order valence-electron chi connectivity index (χ2n) is 5.75. The molecule has 0 saturated carbocycles. The quantitative estimate of drug-likeness (QED) is 0.765. The van der Waals surface area contributed by atoms with Crippen LogP contribution in [0.3, 0.4) is 0 Å². The Hall–Kier alpha value is -1.61. The molecule has 1 aromatic carbocycles. The lowest BCUT2D eigenvalue weighted by Crippen LogP contribution is -2.54. The Morgan fingerprint density at radius 1 is 1.48 bits per heavy atom. The van der Waals surface area contributed by atoms with Crippen molar-refractivity contribution >= 4 is 5.97 Å². The van der Waals surface area contributed by atoms with Crippen LogP contribution in [0.4, 0.5) is 0 Å². The number of piperidine rings is 1. The Morgan fingerprint density at radius 2 is 2.19 bits per heavy atom. The third kappa shape index (κ3) is 3.03. The lowest BCUT2D eigenvalue weighted by atomic mass is 9.72. The summed E-state index contributed by atoms with van der Waals surface area (Å²) in [5.41, 5.74) is 0.896. The second-order valence-corrected chi connectivity index (χ2v) is 5.75. The van der Waals surface area contributed by atoms with Crippen molar-refractivity contribution in [3.05, 3.63) is 48.6 Å². The maximum absolute atomic E-state index is 11.8. The minimum atomic E-state index is -0.300. The molecule has 0 radical (unpaired) electrons. The van der Waals surface area contributed by atoms with Crippen LogP contribution in [-0.2, 0) is 15.2 Å². The average molecular weight is 287 g/mol. The molecule has 0 bridgehead atoms. The summed E-state index contributed by atoms with van der Waals surface area (Å²) in [7, 11) is 0. The van der Waals surface area contributed by atoms with E-state index in [2.05, 4.69) is 25.6 Å². The molecule has 21 heavy (non-hydrogen) atoms. The van der Waals surface area contributed by atoms with Gasteiger partial charge in [-0.15, -0.1) is 11.6 Å². The van der Waals surface area contributed by atoms with Crippen molar-refractivity contribution in [1.29, 1.82) is 0 Å². The topological polar surface area (TPSA) is 29.5 Å². The zero-order chi connectivity index (χ0) is 15.3. The molecule has 3 nitrogen and oxygen atoms in total. The van der Waals surface area contributed by atoms with E-state index in [1.165, 1.54) is 5.56 Å². The van der Waals surface area contributed by atoms with Crippen molar-refractivity contribution in [2.24, 2.45) is 5.92 Å². The van der Waals surface area contributed by atoms with Crippen molar-refractivity contribution in [1.82, 2.24) is 5.06 Å². The smallest absolute Gasteiger partial charge is 0.324 e. The van der Waals surface area contributed by atoms with Gasteiger partial charge in [0.2, 0.25) is 0 Å². The molecule has 1 saturated heterocycles. The van der Waals surface area contributed by atoms with Gasteiger partial charge in [0.25, 0.3) is 0 Å². The summed E-state index contributed by atoms with van der Waals surface area (Å²) in [5.74, 6) is 0.227. The van der Waals surface area contributed by atoms with E-state index in [0.717, 1.165) is 25.8 Å². The van der Waals surface area contributed by atoms with E-state index in [4.69, 9.17) is 4.84 Å². The molecule has 2 atom stereocenters. The van der Waals surface area contributed by atoms with Crippen molar-refractivity contribution in [2.45, 2.75) is 45.1 Å². The zero-order valence-electron chi connectivity index (χ0n) is 13.0. The maximum Gasteiger partial charge on any atom is 0.324 e. The lowest BCUT2D eigenvalue weighted by Gasteiger charge is -2.49. The molecular weight excluding hydrogens is 262 g/mol. The van der Waals surface area contributed by atoms with E-state index in [0.29, 0.717) is 12.3 Å². The predicted molar refractivity (Wildman–Crippen MR) is 84.4 cm³/mol. The van der Waals surface area contributed by atoms with Gasteiger partial charge in [-0.3, -0.25) is 4.79 Å². The van der Waals surface area contributed by atoms with Gasteiger partial charge in [0, 0.05) is 13.0 Å². The van der Waals surface area contributed by atoms with Crippen LogP contribution in [0.15, 0.2) is 43.0 Å². The Morgan fingerprint density at radius 3 is 2.81 bits per heavy atom. The third-order valence-corrected chi connectivity index (χ3v) is 4.49. The van der Waals surface area contributed by atoms with Crippen LogP contribution in [0.2, 0.25) is 0 Å². The normalized spacial score (nSPS) is 26.3. The lowest BCUT2D eigenvalue weighted by molar-refractivity contribution is -0.245. The number of rotatable bonds is 5. The van der Waals surface area contributed by atoms with Crippen molar-refractivity contribution < 1.29 is 9.63 Å². The second kappa shape index (κ2) is 6.90. The third-order valence-electron chi connectivity index (χ3n) is 4.49. The van der Waals surface area contributed by atoms with Gasteiger partial charge in [-0.2, -0.15) is 0 Å². The largest absolute Gasteiger partial charge is 0.367 e. The van der Waals surface area contributed by atoms with Crippen molar-refractivity contribution in [3.8, 4) is 0 Å². The van der Waals surface area contributed by atoms with Crippen LogP contribution in [0, 0.1) is 5.92 Å². The standard InChI is InChI=1S/C18H25NO2/c1-4-13-18(16-11-7-6-8-12-16)15(3)10-9-14-19(18)21-17(20)5-2/h4,6-8,11-12,15H,1,5,9-10,13-14H2,2-3H3. The van der Waals surface area contributed by atoms with Crippen molar-refractivity contribution in [3.63, 3.8) is 0 Å². The monoisotopic (exact) mass is 287 g/mol. The van der Waals surface area contributed by atoms with Gasteiger partial charge in [-0.05, 0) is 30.7 Å². The molecule has 114 valence electrons. The molecular formula is C18H25NO2. The molecule has 0 aromatic heterocycles. The molecule has 1 heterocycles. The molecule has 1 aromatic rings. The number of carbonyl (C=O) groups is 1. The fourth-order valence-electron chi connectivity index (χ4n) is 3.34. The Kier molecular flexibility index (Phi) is 5.18. The molecule has 0 spiro atoms. The Balaban J connectivity index is 2.44. The van der Waals surface area contributed by atoms with E-state index in [-0.39, 0.29) is 11.5 Å². The van der Waals surface area contributed by atoms with Crippen molar-refractivity contribution in [2.75, 3.05) is 6.54 Å².